The molecule has 0 N–H and O–H groups in total. The van der Waals surface area contributed by atoms with Crippen LogP contribution in [-0.2, 0) is 9.53 Å². The van der Waals surface area contributed by atoms with Gasteiger partial charge in [-0.15, -0.1) is 0 Å². The van der Waals surface area contributed by atoms with Crippen molar-refractivity contribution < 1.29 is 18.3 Å². The van der Waals surface area contributed by atoms with Crippen LogP contribution in [0, 0.1) is 11.3 Å². The minimum absolute atomic E-state index is 0.0996. The van der Waals surface area contributed by atoms with Crippen LogP contribution in [0.2, 0.25) is 0 Å². The first-order chi connectivity index (χ1) is 7.86. The van der Waals surface area contributed by atoms with Crippen molar-refractivity contribution in [1.82, 2.24) is 4.90 Å². The van der Waals surface area contributed by atoms with Crippen LogP contribution in [0.5, 0.6) is 0 Å². The van der Waals surface area contributed by atoms with Crippen molar-refractivity contribution in [1.29, 1.82) is 5.26 Å². The molecule has 0 radical (unpaired) electrons. The summed E-state index contributed by atoms with van der Waals surface area (Å²) in [6, 6.07) is 1.67. The third-order valence-electron chi connectivity index (χ3n) is 2.55. The maximum atomic E-state index is 13.7. The van der Waals surface area contributed by atoms with Gasteiger partial charge in [-0.3, -0.25) is 4.79 Å². The Balaban J connectivity index is 2.62. The third-order valence-corrected chi connectivity index (χ3v) is 2.55. The molecule has 1 fully saturated rings. The van der Waals surface area contributed by atoms with Crippen molar-refractivity contribution in [2.45, 2.75) is 44.8 Å². The molecule has 0 unspecified atom stereocenters. The molecule has 1 heterocycles. The summed E-state index contributed by atoms with van der Waals surface area (Å²) in [6.45, 7) is 2.95. The molecule has 6 heteroatoms. The lowest BCUT2D eigenvalue weighted by Crippen LogP contribution is -2.54. The van der Waals surface area contributed by atoms with Crippen LogP contribution in [-0.4, -0.2) is 42.0 Å². The van der Waals surface area contributed by atoms with Gasteiger partial charge in [0, 0.05) is 6.54 Å². The van der Waals surface area contributed by atoms with Gasteiger partial charge in [0.15, 0.2) is 0 Å². The van der Waals surface area contributed by atoms with E-state index in [4.69, 9.17) is 10.00 Å². The molecule has 4 nitrogen and oxygen atoms in total. The van der Waals surface area contributed by atoms with E-state index in [9.17, 15) is 13.6 Å². The number of carbonyl (C=O) groups excluding carboxylic acids is 1. The Morgan fingerprint density at radius 2 is 2.29 bits per heavy atom. The van der Waals surface area contributed by atoms with Crippen molar-refractivity contribution in [2.75, 3.05) is 13.1 Å². The van der Waals surface area contributed by atoms with Crippen LogP contribution in [0.4, 0.5) is 8.78 Å². The number of nitrogens with zero attached hydrogens (tertiary/aromatic N) is 2. The molecule has 1 atom stereocenters. The fourth-order valence-electron chi connectivity index (χ4n) is 1.81. The minimum atomic E-state index is -3.05. The quantitative estimate of drug-likeness (QED) is 0.759. The molecule has 0 aliphatic carbocycles. The normalized spacial score (nSPS) is 23.5. The van der Waals surface area contributed by atoms with Gasteiger partial charge in [-0.1, -0.05) is 0 Å². The molecule has 1 aliphatic heterocycles. The fourth-order valence-corrected chi connectivity index (χ4v) is 1.81. The second-order valence-electron chi connectivity index (χ2n) is 4.37. The second-order valence-corrected chi connectivity index (χ2v) is 4.37. The Bertz CT molecular complexity index is 326. The Labute approximate surface area is 99.1 Å². The first-order valence-electron chi connectivity index (χ1n) is 5.55. The molecule has 17 heavy (non-hydrogen) atoms. The number of hydrogen-bond donors (Lipinski definition) is 0. The highest BCUT2D eigenvalue weighted by atomic mass is 19.3. The zero-order valence-electron chi connectivity index (χ0n) is 9.95. The van der Waals surface area contributed by atoms with Gasteiger partial charge in [0.05, 0.1) is 18.7 Å². The van der Waals surface area contributed by atoms with Crippen molar-refractivity contribution >= 4 is 5.91 Å². The lowest BCUT2D eigenvalue weighted by Gasteiger charge is -2.38. The van der Waals surface area contributed by atoms with Crippen molar-refractivity contribution in [2.24, 2.45) is 0 Å². The fraction of sp³-hybridized carbons (Fsp3) is 0.818. The molecule has 0 spiro atoms. The minimum Gasteiger partial charge on any atom is -0.369 e. The Morgan fingerprint density at radius 1 is 1.65 bits per heavy atom. The van der Waals surface area contributed by atoms with Gasteiger partial charge < -0.3 is 9.64 Å². The lowest BCUT2D eigenvalue weighted by atomic mass is 10.0. The summed E-state index contributed by atoms with van der Waals surface area (Å²) in [4.78, 5) is 12.4. The molecule has 1 rings (SSSR count). The number of likely N-dealkylation sites (tertiary alicyclic amines) is 1. The number of piperidine rings is 1. The van der Waals surface area contributed by atoms with E-state index in [0.29, 0.717) is 0 Å². The standard InChI is InChI=1S/C11H16F2N2O2/c1-8(2)17-9-4-6-15(7-11(9,12)13)10(16)3-5-14/h8-9H,3-4,6-7H2,1-2H3/t9-/m0/s1. The summed E-state index contributed by atoms with van der Waals surface area (Å²) in [6.07, 6.45) is -1.67. The Hall–Kier alpha value is -1.22. The molecular weight excluding hydrogens is 230 g/mol. The van der Waals surface area contributed by atoms with E-state index in [1.807, 2.05) is 0 Å². The van der Waals surface area contributed by atoms with Gasteiger partial charge in [0.2, 0.25) is 5.91 Å². The smallest absolute Gasteiger partial charge is 0.290 e. The largest absolute Gasteiger partial charge is 0.369 e. The van der Waals surface area contributed by atoms with E-state index in [2.05, 4.69) is 0 Å². The van der Waals surface area contributed by atoms with Gasteiger partial charge >= 0.3 is 0 Å². The van der Waals surface area contributed by atoms with E-state index in [1.165, 1.54) is 0 Å². The number of alkyl halides is 2. The predicted molar refractivity (Wildman–Crippen MR) is 56.4 cm³/mol. The van der Waals surface area contributed by atoms with E-state index in [1.54, 1.807) is 19.9 Å². The van der Waals surface area contributed by atoms with Crippen molar-refractivity contribution in [3.8, 4) is 6.07 Å². The summed E-state index contributed by atoms with van der Waals surface area (Å²) >= 11 is 0. The molecule has 0 bridgehead atoms. The van der Waals surface area contributed by atoms with Crippen LogP contribution in [0.3, 0.4) is 0 Å². The number of hydrogen-bond acceptors (Lipinski definition) is 3. The number of halogens is 2. The maximum Gasteiger partial charge on any atom is 0.290 e. The number of ether oxygens (including phenoxy) is 1. The van der Waals surface area contributed by atoms with E-state index < -0.39 is 24.5 Å². The third kappa shape index (κ3) is 3.63. The van der Waals surface area contributed by atoms with Crippen molar-refractivity contribution in [3.63, 3.8) is 0 Å². The van der Waals surface area contributed by atoms with E-state index in [-0.39, 0.29) is 25.5 Å². The maximum absolute atomic E-state index is 13.7. The molecule has 0 aromatic heterocycles. The second kappa shape index (κ2) is 5.41. The van der Waals surface area contributed by atoms with Gasteiger partial charge in [-0.2, -0.15) is 5.26 Å². The van der Waals surface area contributed by atoms with Gasteiger partial charge in [0.1, 0.15) is 12.5 Å². The summed E-state index contributed by atoms with van der Waals surface area (Å²) < 4.78 is 32.5. The van der Waals surface area contributed by atoms with Crippen LogP contribution in [0.15, 0.2) is 0 Å². The Kier molecular flexibility index (Phi) is 4.40. The number of amides is 1. The van der Waals surface area contributed by atoms with Crippen LogP contribution < -0.4 is 0 Å². The number of nitriles is 1. The van der Waals surface area contributed by atoms with E-state index >= 15 is 0 Å². The summed E-state index contributed by atoms with van der Waals surface area (Å²) in [5.74, 6) is -3.59. The van der Waals surface area contributed by atoms with Gasteiger partial charge in [-0.25, -0.2) is 8.78 Å². The molecule has 0 saturated carbocycles. The Morgan fingerprint density at radius 3 is 2.76 bits per heavy atom. The average molecular weight is 246 g/mol. The average Bonchev–Trinajstić information content (AvgIpc) is 2.20. The number of rotatable bonds is 3. The molecule has 1 saturated heterocycles. The topological polar surface area (TPSA) is 53.3 Å². The first-order valence-corrected chi connectivity index (χ1v) is 5.55. The lowest BCUT2D eigenvalue weighted by molar-refractivity contribution is -0.189. The highest BCUT2D eigenvalue weighted by Gasteiger charge is 2.46. The monoisotopic (exact) mass is 246 g/mol. The molecule has 1 aliphatic rings. The van der Waals surface area contributed by atoms with Crippen molar-refractivity contribution in [3.05, 3.63) is 0 Å². The SMILES string of the molecule is CC(C)O[C@H]1CCN(C(=O)CC#N)CC1(F)F. The number of carbonyl (C=O) groups is 1. The molecule has 96 valence electrons. The van der Waals surface area contributed by atoms with E-state index in [0.717, 1.165) is 4.90 Å². The summed E-state index contributed by atoms with van der Waals surface area (Å²) in [5, 5.41) is 8.36. The zero-order chi connectivity index (χ0) is 13.1. The highest BCUT2D eigenvalue weighted by molar-refractivity contribution is 5.78. The molecule has 0 aromatic carbocycles. The van der Waals surface area contributed by atoms with Gasteiger partial charge in [0.25, 0.3) is 5.92 Å². The predicted octanol–water partition coefficient (Wildman–Crippen LogP) is 1.56. The molecule has 1 amide bonds. The highest BCUT2D eigenvalue weighted by Crippen LogP contribution is 2.30. The zero-order valence-corrected chi connectivity index (χ0v) is 9.95. The summed E-state index contributed by atoms with van der Waals surface area (Å²) in [7, 11) is 0. The van der Waals surface area contributed by atoms with Crippen LogP contribution in [0.1, 0.15) is 26.7 Å². The van der Waals surface area contributed by atoms with Gasteiger partial charge in [-0.05, 0) is 20.3 Å². The summed E-state index contributed by atoms with van der Waals surface area (Å²) in [5.41, 5.74) is 0. The van der Waals surface area contributed by atoms with Crippen LogP contribution >= 0.6 is 0 Å². The van der Waals surface area contributed by atoms with Crippen LogP contribution in [0.25, 0.3) is 0 Å². The molecular formula is C11H16F2N2O2. The first kappa shape index (κ1) is 13.8. The molecule has 0 aromatic rings.